The molecule has 96 valence electrons. The minimum absolute atomic E-state index is 0.108. The molecule has 2 aliphatic rings. The minimum Gasteiger partial charge on any atom is -0.371 e. The first-order valence-corrected chi connectivity index (χ1v) is 6.89. The van der Waals surface area contributed by atoms with Crippen LogP contribution in [0, 0.1) is 0 Å². The predicted octanol–water partition coefficient (Wildman–Crippen LogP) is 2.43. The lowest BCUT2D eigenvalue weighted by Crippen LogP contribution is -2.45. The molecule has 1 aromatic carbocycles. The highest BCUT2D eigenvalue weighted by Gasteiger charge is 2.35. The molecule has 2 unspecified atom stereocenters. The number of amides is 1. The van der Waals surface area contributed by atoms with E-state index in [9.17, 15) is 4.79 Å². The Hall–Kier alpha value is -1.06. The van der Waals surface area contributed by atoms with Crippen LogP contribution in [-0.4, -0.2) is 36.1 Å². The van der Waals surface area contributed by atoms with Crippen molar-refractivity contribution in [1.29, 1.82) is 0 Å². The van der Waals surface area contributed by atoms with Gasteiger partial charge in [0.25, 0.3) is 5.91 Å². The van der Waals surface area contributed by atoms with Crippen LogP contribution in [0.4, 0.5) is 0 Å². The van der Waals surface area contributed by atoms with E-state index < -0.39 is 0 Å². The molecule has 0 saturated carbocycles. The van der Waals surface area contributed by atoms with Gasteiger partial charge in [-0.3, -0.25) is 4.79 Å². The molecule has 2 aliphatic heterocycles. The van der Waals surface area contributed by atoms with Gasteiger partial charge in [0.15, 0.2) is 0 Å². The van der Waals surface area contributed by atoms with E-state index in [2.05, 4.69) is 0 Å². The number of halogens is 1. The van der Waals surface area contributed by atoms with E-state index in [-0.39, 0.29) is 18.1 Å². The van der Waals surface area contributed by atoms with Crippen LogP contribution in [0.1, 0.15) is 28.8 Å². The number of carbonyl (C=O) groups is 1. The topological polar surface area (TPSA) is 29.5 Å². The van der Waals surface area contributed by atoms with E-state index in [0.29, 0.717) is 5.88 Å². The first-order chi connectivity index (χ1) is 8.76. The third-order valence-electron chi connectivity index (χ3n) is 3.69. The van der Waals surface area contributed by atoms with E-state index in [1.807, 2.05) is 29.2 Å². The number of nitrogens with zero attached hydrogens (tertiary/aromatic N) is 1. The second-order valence-corrected chi connectivity index (χ2v) is 5.27. The van der Waals surface area contributed by atoms with Gasteiger partial charge in [-0.05, 0) is 30.5 Å². The third-order valence-corrected chi connectivity index (χ3v) is 3.99. The Labute approximate surface area is 112 Å². The molecule has 2 atom stereocenters. The average Bonchev–Trinajstić information content (AvgIpc) is 2.77. The van der Waals surface area contributed by atoms with Gasteiger partial charge in [0.05, 0.1) is 12.2 Å². The lowest BCUT2D eigenvalue weighted by molar-refractivity contribution is -0.0303. The zero-order valence-electron chi connectivity index (χ0n) is 10.1. The molecule has 1 aromatic rings. The molecule has 4 heteroatoms. The van der Waals surface area contributed by atoms with Crippen LogP contribution in [0.15, 0.2) is 24.3 Å². The molecule has 0 aliphatic carbocycles. The normalized spacial score (nSPS) is 26.4. The molecular weight excluding hydrogens is 250 g/mol. The molecule has 2 fully saturated rings. The van der Waals surface area contributed by atoms with Crippen molar-refractivity contribution in [2.24, 2.45) is 0 Å². The van der Waals surface area contributed by atoms with E-state index in [4.69, 9.17) is 16.3 Å². The maximum absolute atomic E-state index is 12.4. The number of benzene rings is 1. The Kier molecular flexibility index (Phi) is 3.27. The van der Waals surface area contributed by atoms with Gasteiger partial charge in [0.1, 0.15) is 0 Å². The molecule has 3 rings (SSSR count). The van der Waals surface area contributed by atoms with Crippen molar-refractivity contribution in [1.82, 2.24) is 4.90 Å². The summed E-state index contributed by atoms with van der Waals surface area (Å²) in [6, 6.07) is 7.54. The van der Waals surface area contributed by atoms with Crippen LogP contribution >= 0.6 is 11.6 Å². The lowest BCUT2D eigenvalue weighted by atomic mass is 10.1. The van der Waals surface area contributed by atoms with Gasteiger partial charge in [-0.25, -0.2) is 0 Å². The SMILES string of the molecule is O=C(c1ccc(CCl)cc1)N1CC2CCC(C1)O2. The van der Waals surface area contributed by atoms with Crippen molar-refractivity contribution >= 4 is 17.5 Å². The molecule has 2 heterocycles. The van der Waals surface area contributed by atoms with Crippen LogP contribution in [0.2, 0.25) is 0 Å². The summed E-state index contributed by atoms with van der Waals surface area (Å²) in [4.78, 5) is 14.3. The fourth-order valence-corrected chi connectivity index (χ4v) is 2.88. The van der Waals surface area contributed by atoms with Gasteiger partial charge in [-0.2, -0.15) is 0 Å². The van der Waals surface area contributed by atoms with E-state index in [0.717, 1.165) is 37.1 Å². The molecule has 18 heavy (non-hydrogen) atoms. The van der Waals surface area contributed by atoms with Crippen molar-refractivity contribution in [2.75, 3.05) is 13.1 Å². The third kappa shape index (κ3) is 2.25. The molecule has 0 radical (unpaired) electrons. The van der Waals surface area contributed by atoms with Crippen molar-refractivity contribution in [3.8, 4) is 0 Å². The smallest absolute Gasteiger partial charge is 0.254 e. The second-order valence-electron chi connectivity index (χ2n) is 5.00. The number of likely N-dealkylation sites (tertiary alicyclic amines) is 1. The highest BCUT2D eigenvalue weighted by molar-refractivity contribution is 6.17. The van der Waals surface area contributed by atoms with E-state index in [1.54, 1.807) is 0 Å². The van der Waals surface area contributed by atoms with Crippen molar-refractivity contribution in [3.63, 3.8) is 0 Å². The summed E-state index contributed by atoms with van der Waals surface area (Å²) in [6.07, 6.45) is 2.66. The fourth-order valence-electron chi connectivity index (χ4n) is 2.70. The Morgan fingerprint density at radius 3 is 2.39 bits per heavy atom. The molecule has 2 saturated heterocycles. The zero-order valence-corrected chi connectivity index (χ0v) is 10.9. The summed E-state index contributed by atoms with van der Waals surface area (Å²) in [6.45, 7) is 1.46. The number of fused-ring (bicyclic) bond motifs is 2. The lowest BCUT2D eigenvalue weighted by Gasteiger charge is -2.32. The summed E-state index contributed by atoms with van der Waals surface area (Å²) in [5.41, 5.74) is 1.78. The van der Waals surface area contributed by atoms with Gasteiger partial charge < -0.3 is 9.64 Å². The van der Waals surface area contributed by atoms with Crippen molar-refractivity contribution in [2.45, 2.75) is 30.9 Å². The largest absolute Gasteiger partial charge is 0.371 e. The summed E-state index contributed by atoms with van der Waals surface area (Å²) >= 11 is 5.74. The van der Waals surface area contributed by atoms with Crippen LogP contribution < -0.4 is 0 Å². The molecule has 0 spiro atoms. The maximum Gasteiger partial charge on any atom is 0.254 e. The monoisotopic (exact) mass is 265 g/mol. The minimum atomic E-state index is 0.108. The number of alkyl halides is 1. The van der Waals surface area contributed by atoms with Crippen LogP contribution in [-0.2, 0) is 10.6 Å². The van der Waals surface area contributed by atoms with Gasteiger partial charge >= 0.3 is 0 Å². The standard InChI is InChI=1S/C14H16ClNO2/c15-7-10-1-3-11(4-2-10)14(17)16-8-12-5-6-13(9-16)18-12/h1-4,12-13H,5-9H2. The number of rotatable bonds is 2. The Balaban J connectivity index is 1.73. The number of hydrogen-bond acceptors (Lipinski definition) is 2. The maximum atomic E-state index is 12.4. The first kappa shape index (κ1) is 12.0. The van der Waals surface area contributed by atoms with Gasteiger partial charge in [-0.15, -0.1) is 11.6 Å². The van der Waals surface area contributed by atoms with Crippen molar-refractivity contribution < 1.29 is 9.53 Å². The van der Waals surface area contributed by atoms with Crippen LogP contribution in [0.5, 0.6) is 0 Å². The van der Waals surface area contributed by atoms with Gasteiger partial charge in [0.2, 0.25) is 0 Å². The molecule has 0 N–H and O–H groups in total. The summed E-state index contributed by atoms with van der Waals surface area (Å²) in [7, 11) is 0. The summed E-state index contributed by atoms with van der Waals surface area (Å²) in [5, 5.41) is 0. The summed E-state index contributed by atoms with van der Waals surface area (Å²) < 4.78 is 5.74. The second kappa shape index (κ2) is 4.90. The quantitative estimate of drug-likeness (QED) is 0.769. The van der Waals surface area contributed by atoms with Crippen LogP contribution in [0.25, 0.3) is 0 Å². The Morgan fingerprint density at radius 1 is 1.22 bits per heavy atom. The van der Waals surface area contributed by atoms with Crippen molar-refractivity contribution in [3.05, 3.63) is 35.4 Å². The summed E-state index contributed by atoms with van der Waals surface area (Å²) in [5.74, 6) is 0.590. The number of hydrogen-bond donors (Lipinski definition) is 0. The van der Waals surface area contributed by atoms with E-state index >= 15 is 0 Å². The average molecular weight is 266 g/mol. The van der Waals surface area contributed by atoms with E-state index in [1.165, 1.54) is 0 Å². The highest BCUT2D eigenvalue weighted by Crippen LogP contribution is 2.27. The first-order valence-electron chi connectivity index (χ1n) is 6.36. The fraction of sp³-hybridized carbons (Fsp3) is 0.500. The molecular formula is C14H16ClNO2. The number of carbonyl (C=O) groups excluding carboxylic acids is 1. The number of morpholine rings is 1. The zero-order chi connectivity index (χ0) is 12.5. The van der Waals surface area contributed by atoms with Gasteiger partial charge in [0, 0.05) is 24.5 Å². The Bertz CT molecular complexity index is 434. The molecule has 2 bridgehead atoms. The molecule has 1 amide bonds. The molecule has 3 nitrogen and oxygen atoms in total. The Morgan fingerprint density at radius 2 is 1.83 bits per heavy atom. The van der Waals surface area contributed by atoms with Crippen LogP contribution in [0.3, 0.4) is 0 Å². The molecule has 0 aromatic heterocycles. The van der Waals surface area contributed by atoms with Gasteiger partial charge in [-0.1, -0.05) is 12.1 Å². The predicted molar refractivity (Wildman–Crippen MR) is 69.8 cm³/mol. The number of ether oxygens (including phenoxy) is 1. The highest BCUT2D eigenvalue weighted by atomic mass is 35.5.